The number of hydrogen-bond acceptors (Lipinski definition) is 4. The molecule has 7 heteroatoms. The number of carboxylic acids is 1. The van der Waals surface area contributed by atoms with E-state index >= 15 is 0 Å². The predicted octanol–water partition coefficient (Wildman–Crippen LogP) is 2.50. The Bertz CT molecular complexity index is 765. The molecule has 0 aliphatic rings. The number of aliphatic carboxylic acids is 1. The lowest BCUT2D eigenvalue weighted by Crippen LogP contribution is -2.38. The number of aromatic nitrogens is 3. The Kier molecular flexibility index (Phi) is 5.21. The Morgan fingerprint density at radius 3 is 2.50 bits per heavy atom. The van der Waals surface area contributed by atoms with Crippen LogP contribution < -0.4 is 0 Å². The third kappa shape index (κ3) is 3.72. The zero-order valence-electron chi connectivity index (χ0n) is 14.8. The number of carbonyl (C=O) groups excluding carboxylic acids is 1. The molecule has 0 spiro atoms. The van der Waals surface area contributed by atoms with Gasteiger partial charge in [-0.25, -0.2) is 9.67 Å². The molecule has 1 amide bonds. The van der Waals surface area contributed by atoms with Crippen LogP contribution in [0, 0.1) is 12.8 Å². The molecule has 0 unspecified atom stereocenters. The second-order valence-corrected chi connectivity index (χ2v) is 6.69. The van der Waals surface area contributed by atoms with E-state index in [4.69, 9.17) is 5.11 Å². The zero-order valence-corrected chi connectivity index (χ0v) is 14.8. The molecular weight excluding hydrogens is 308 g/mol. The molecule has 2 rings (SSSR count). The van der Waals surface area contributed by atoms with Crippen LogP contribution in [0.15, 0.2) is 12.3 Å². The van der Waals surface area contributed by atoms with Crippen molar-refractivity contribution in [1.82, 2.24) is 19.7 Å². The van der Waals surface area contributed by atoms with Gasteiger partial charge in [0.25, 0.3) is 5.91 Å². The fraction of sp³-hybridized carbons (Fsp3) is 0.529. The van der Waals surface area contributed by atoms with Crippen LogP contribution in [0.3, 0.4) is 0 Å². The van der Waals surface area contributed by atoms with E-state index in [2.05, 4.69) is 10.1 Å². The summed E-state index contributed by atoms with van der Waals surface area (Å²) < 4.78 is 1.81. The lowest BCUT2D eigenvalue weighted by molar-refractivity contribution is -0.137. The Balaban J connectivity index is 2.43. The molecule has 7 nitrogen and oxygen atoms in total. The largest absolute Gasteiger partial charge is 0.480 e. The van der Waals surface area contributed by atoms with Gasteiger partial charge in [0.15, 0.2) is 5.65 Å². The summed E-state index contributed by atoms with van der Waals surface area (Å²) in [6.45, 7) is 9.75. The van der Waals surface area contributed by atoms with Crippen LogP contribution in [0.1, 0.15) is 49.8 Å². The zero-order chi connectivity index (χ0) is 18.0. The first-order valence-electron chi connectivity index (χ1n) is 8.06. The van der Waals surface area contributed by atoms with Crippen LogP contribution in [0.25, 0.3) is 11.0 Å². The van der Waals surface area contributed by atoms with Crippen LogP contribution >= 0.6 is 0 Å². The number of rotatable bonds is 6. The molecule has 0 atom stereocenters. The monoisotopic (exact) mass is 332 g/mol. The van der Waals surface area contributed by atoms with Crippen molar-refractivity contribution in [2.75, 3.05) is 13.1 Å². The van der Waals surface area contributed by atoms with Crippen molar-refractivity contribution in [2.24, 2.45) is 5.92 Å². The van der Waals surface area contributed by atoms with E-state index in [-0.39, 0.29) is 24.4 Å². The molecule has 0 bridgehead atoms. The molecule has 24 heavy (non-hydrogen) atoms. The predicted molar refractivity (Wildman–Crippen MR) is 91.0 cm³/mol. The van der Waals surface area contributed by atoms with Crippen molar-refractivity contribution < 1.29 is 14.7 Å². The number of amides is 1. The summed E-state index contributed by atoms with van der Waals surface area (Å²) in [5.41, 5.74) is 1.73. The molecule has 0 saturated carbocycles. The molecule has 0 aliphatic heterocycles. The first-order valence-corrected chi connectivity index (χ1v) is 8.06. The number of pyridine rings is 1. The molecule has 0 fully saturated rings. The van der Waals surface area contributed by atoms with Crippen LogP contribution in [0.5, 0.6) is 0 Å². The minimum absolute atomic E-state index is 0.167. The number of carbonyl (C=O) groups is 2. The average molecular weight is 332 g/mol. The topological polar surface area (TPSA) is 88.3 Å². The summed E-state index contributed by atoms with van der Waals surface area (Å²) in [5.74, 6) is -1.16. The highest BCUT2D eigenvalue weighted by Crippen LogP contribution is 2.20. The molecule has 2 aromatic rings. The molecule has 2 heterocycles. The number of nitrogens with zero attached hydrogens (tertiary/aromatic N) is 4. The number of hydrogen-bond donors (Lipinski definition) is 1. The first kappa shape index (κ1) is 17.9. The van der Waals surface area contributed by atoms with Crippen molar-refractivity contribution in [1.29, 1.82) is 0 Å². The summed E-state index contributed by atoms with van der Waals surface area (Å²) in [6, 6.07) is 1.92. The van der Waals surface area contributed by atoms with Crippen molar-refractivity contribution in [3.05, 3.63) is 23.5 Å². The van der Waals surface area contributed by atoms with Crippen LogP contribution in [0.4, 0.5) is 0 Å². The standard InChI is InChI=1S/C17H24N4O3/c1-10(2)8-20(9-15(22)23)17(24)14-6-13-7-18-21(11(3)4)16(13)19-12(14)5/h6-7,10-11H,8-9H2,1-5H3,(H,22,23). The van der Waals surface area contributed by atoms with E-state index in [0.717, 1.165) is 11.0 Å². The summed E-state index contributed by atoms with van der Waals surface area (Å²) in [6.07, 6.45) is 1.68. The summed E-state index contributed by atoms with van der Waals surface area (Å²) >= 11 is 0. The first-order chi connectivity index (χ1) is 11.2. The molecule has 0 radical (unpaired) electrons. The van der Waals surface area contributed by atoms with Gasteiger partial charge in [-0.1, -0.05) is 13.8 Å². The lowest BCUT2D eigenvalue weighted by atomic mass is 10.1. The maximum atomic E-state index is 12.8. The summed E-state index contributed by atoms with van der Waals surface area (Å²) in [5, 5.41) is 14.2. The highest BCUT2D eigenvalue weighted by molar-refractivity contribution is 5.99. The average Bonchev–Trinajstić information content (AvgIpc) is 2.86. The van der Waals surface area contributed by atoms with Crippen molar-refractivity contribution >= 4 is 22.9 Å². The third-order valence-corrected chi connectivity index (χ3v) is 3.68. The van der Waals surface area contributed by atoms with E-state index < -0.39 is 5.97 Å². The molecule has 2 aromatic heterocycles. The molecular formula is C17H24N4O3. The van der Waals surface area contributed by atoms with Crippen molar-refractivity contribution in [3.8, 4) is 0 Å². The quantitative estimate of drug-likeness (QED) is 0.878. The molecule has 0 aromatic carbocycles. The van der Waals surface area contributed by atoms with Gasteiger partial charge in [-0.05, 0) is 32.8 Å². The normalized spacial score (nSPS) is 11.5. The smallest absolute Gasteiger partial charge is 0.323 e. The van der Waals surface area contributed by atoms with Gasteiger partial charge >= 0.3 is 5.97 Å². The molecule has 1 N–H and O–H groups in total. The summed E-state index contributed by atoms with van der Waals surface area (Å²) in [4.78, 5) is 29.8. The Morgan fingerprint density at radius 1 is 1.29 bits per heavy atom. The SMILES string of the molecule is Cc1nc2c(cnn2C(C)C)cc1C(=O)N(CC(=O)O)CC(C)C. The second kappa shape index (κ2) is 6.98. The van der Waals surface area contributed by atoms with Crippen LogP contribution in [-0.4, -0.2) is 49.7 Å². The van der Waals surface area contributed by atoms with Crippen molar-refractivity contribution in [3.63, 3.8) is 0 Å². The maximum Gasteiger partial charge on any atom is 0.323 e. The Hall–Kier alpha value is -2.44. The summed E-state index contributed by atoms with van der Waals surface area (Å²) in [7, 11) is 0. The third-order valence-electron chi connectivity index (χ3n) is 3.68. The van der Waals surface area contributed by atoms with Gasteiger partial charge in [-0.15, -0.1) is 0 Å². The van der Waals surface area contributed by atoms with Gasteiger partial charge in [0.05, 0.1) is 17.5 Å². The molecule has 0 aliphatic carbocycles. The highest BCUT2D eigenvalue weighted by Gasteiger charge is 2.23. The highest BCUT2D eigenvalue weighted by atomic mass is 16.4. The van der Waals surface area contributed by atoms with Gasteiger partial charge in [0.2, 0.25) is 0 Å². The lowest BCUT2D eigenvalue weighted by Gasteiger charge is -2.23. The van der Waals surface area contributed by atoms with E-state index in [1.54, 1.807) is 23.9 Å². The van der Waals surface area contributed by atoms with Gasteiger partial charge < -0.3 is 10.0 Å². The second-order valence-electron chi connectivity index (χ2n) is 6.69. The minimum Gasteiger partial charge on any atom is -0.480 e. The fourth-order valence-electron chi connectivity index (χ4n) is 2.65. The van der Waals surface area contributed by atoms with Gasteiger partial charge in [0, 0.05) is 18.0 Å². The van der Waals surface area contributed by atoms with Crippen LogP contribution in [0.2, 0.25) is 0 Å². The number of fused-ring (bicyclic) bond motifs is 1. The Morgan fingerprint density at radius 2 is 1.96 bits per heavy atom. The Labute approximate surface area is 141 Å². The van der Waals surface area contributed by atoms with Crippen molar-refractivity contribution in [2.45, 2.75) is 40.7 Å². The minimum atomic E-state index is -1.02. The molecule has 130 valence electrons. The van der Waals surface area contributed by atoms with E-state index in [9.17, 15) is 9.59 Å². The molecule has 0 saturated heterocycles. The number of carboxylic acid groups (broad SMARTS) is 1. The van der Waals surface area contributed by atoms with Gasteiger partial charge in [-0.2, -0.15) is 5.10 Å². The van der Waals surface area contributed by atoms with E-state index in [0.29, 0.717) is 17.8 Å². The van der Waals surface area contributed by atoms with E-state index in [1.165, 1.54) is 4.90 Å². The van der Waals surface area contributed by atoms with E-state index in [1.807, 2.05) is 27.7 Å². The maximum absolute atomic E-state index is 12.8. The van der Waals surface area contributed by atoms with Gasteiger partial charge in [-0.3, -0.25) is 9.59 Å². The fourth-order valence-corrected chi connectivity index (χ4v) is 2.65. The van der Waals surface area contributed by atoms with Gasteiger partial charge in [0.1, 0.15) is 6.54 Å². The van der Waals surface area contributed by atoms with Crippen LogP contribution in [-0.2, 0) is 4.79 Å². The number of aryl methyl sites for hydroxylation is 1.